The fourth-order valence-electron chi connectivity index (χ4n) is 2.89. The number of benzene rings is 3. The van der Waals surface area contributed by atoms with Crippen molar-refractivity contribution in [1.82, 2.24) is 0 Å². The highest BCUT2D eigenvalue weighted by Crippen LogP contribution is 2.32. The molecule has 0 fully saturated rings. The van der Waals surface area contributed by atoms with Gasteiger partial charge in [-0.3, -0.25) is 0 Å². The van der Waals surface area contributed by atoms with Crippen LogP contribution in [0.5, 0.6) is 11.5 Å². The van der Waals surface area contributed by atoms with Gasteiger partial charge in [-0.15, -0.1) is 0 Å². The number of anilines is 1. The highest BCUT2D eigenvalue weighted by atomic mass is 16.3. The van der Waals surface area contributed by atoms with Crippen LogP contribution in [0, 0.1) is 6.92 Å². The quantitative estimate of drug-likeness (QED) is 0.761. The van der Waals surface area contributed by atoms with Gasteiger partial charge >= 0.3 is 0 Å². The number of nitrogens with zero attached hydrogens (tertiary/aromatic N) is 1. The lowest BCUT2D eigenvalue weighted by atomic mass is 9.95. The minimum atomic E-state index is 0.212. The Hall–Kier alpha value is -2.68. The lowest BCUT2D eigenvalue weighted by Crippen LogP contribution is -2.09. The second kappa shape index (κ2) is 5.84. The lowest BCUT2D eigenvalue weighted by Gasteiger charge is -2.16. The minimum absolute atomic E-state index is 0.212. The van der Waals surface area contributed by atoms with Gasteiger partial charge in [-0.1, -0.05) is 18.2 Å². The van der Waals surface area contributed by atoms with Crippen LogP contribution in [0.3, 0.4) is 0 Å². The summed E-state index contributed by atoms with van der Waals surface area (Å²) in [4.78, 5) is 2.07. The van der Waals surface area contributed by atoms with Crippen LogP contribution in [0.4, 0.5) is 5.69 Å². The number of phenols is 2. The van der Waals surface area contributed by atoms with Crippen molar-refractivity contribution in [2.45, 2.75) is 13.3 Å². The Kier molecular flexibility index (Phi) is 3.87. The molecule has 0 heterocycles. The first-order valence-electron chi connectivity index (χ1n) is 7.66. The molecule has 0 spiro atoms. The van der Waals surface area contributed by atoms with Crippen LogP contribution in [0.25, 0.3) is 10.8 Å². The van der Waals surface area contributed by atoms with Gasteiger partial charge in [-0.05, 0) is 59.2 Å². The molecule has 0 bridgehead atoms. The maximum absolute atomic E-state index is 10.3. The number of aromatic hydroxyl groups is 2. The second-order valence-electron chi connectivity index (χ2n) is 6.15. The number of fused-ring (bicyclic) bond motifs is 1. The molecule has 0 amide bonds. The molecule has 118 valence electrons. The molecule has 3 aromatic rings. The van der Waals surface area contributed by atoms with Crippen LogP contribution in [0.2, 0.25) is 0 Å². The molecule has 3 aromatic carbocycles. The zero-order valence-corrected chi connectivity index (χ0v) is 13.7. The van der Waals surface area contributed by atoms with Gasteiger partial charge in [0.2, 0.25) is 0 Å². The van der Waals surface area contributed by atoms with Crippen LogP contribution >= 0.6 is 0 Å². The molecule has 3 nitrogen and oxygen atoms in total. The Morgan fingerprint density at radius 3 is 2.35 bits per heavy atom. The van der Waals surface area contributed by atoms with Crippen molar-refractivity contribution in [3.63, 3.8) is 0 Å². The minimum Gasteiger partial charge on any atom is -0.508 e. The third-order valence-electron chi connectivity index (χ3n) is 4.30. The standard InChI is InChI=1S/C20H21NO2/c1-13-10-16(21(2)3)7-4-15(13)11-19-18-12-17(22)8-5-14(18)6-9-20(19)23/h4-10,12,22-23H,11H2,1-3H3. The van der Waals surface area contributed by atoms with Crippen molar-refractivity contribution in [2.75, 3.05) is 19.0 Å². The molecule has 23 heavy (non-hydrogen) atoms. The van der Waals surface area contributed by atoms with Crippen molar-refractivity contribution in [3.8, 4) is 11.5 Å². The molecule has 0 aliphatic rings. The van der Waals surface area contributed by atoms with Crippen LogP contribution in [0.15, 0.2) is 48.5 Å². The largest absolute Gasteiger partial charge is 0.508 e. The first-order chi connectivity index (χ1) is 11.0. The Morgan fingerprint density at radius 2 is 1.65 bits per heavy atom. The third-order valence-corrected chi connectivity index (χ3v) is 4.30. The summed E-state index contributed by atoms with van der Waals surface area (Å²) in [7, 11) is 4.04. The van der Waals surface area contributed by atoms with Crippen molar-refractivity contribution >= 4 is 16.5 Å². The average Bonchev–Trinajstić information content (AvgIpc) is 2.51. The van der Waals surface area contributed by atoms with Crippen molar-refractivity contribution < 1.29 is 10.2 Å². The van der Waals surface area contributed by atoms with Gasteiger partial charge < -0.3 is 15.1 Å². The molecule has 3 heteroatoms. The maximum Gasteiger partial charge on any atom is 0.119 e. The molecule has 2 N–H and O–H groups in total. The summed E-state index contributed by atoms with van der Waals surface area (Å²) in [6.07, 6.45) is 0.631. The highest BCUT2D eigenvalue weighted by Gasteiger charge is 2.11. The molecule has 0 aromatic heterocycles. The predicted octanol–water partition coefficient (Wildman–Crippen LogP) is 4.22. The van der Waals surface area contributed by atoms with E-state index in [0.29, 0.717) is 6.42 Å². The van der Waals surface area contributed by atoms with Gasteiger partial charge in [0, 0.05) is 31.8 Å². The van der Waals surface area contributed by atoms with E-state index in [9.17, 15) is 10.2 Å². The first kappa shape index (κ1) is 15.2. The third kappa shape index (κ3) is 2.95. The highest BCUT2D eigenvalue weighted by molar-refractivity contribution is 5.89. The predicted molar refractivity (Wildman–Crippen MR) is 95.6 cm³/mol. The average molecular weight is 307 g/mol. The van der Waals surface area contributed by atoms with Crippen molar-refractivity contribution in [2.24, 2.45) is 0 Å². The number of rotatable bonds is 3. The van der Waals surface area contributed by atoms with Gasteiger partial charge in [0.15, 0.2) is 0 Å². The van der Waals surface area contributed by atoms with Gasteiger partial charge in [-0.25, -0.2) is 0 Å². The molecule has 0 aliphatic heterocycles. The molecule has 0 atom stereocenters. The van der Waals surface area contributed by atoms with Crippen LogP contribution < -0.4 is 4.90 Å². The van der Waals surface area contributed by atoms with E-state index < -0.39 is 0 Å². The van der Waals surface area contributed by atoms with Crippen LogP contribution in [-0.2, 0) is 6.42 Å². The van der Waals surface area contributed by atoms with E-state index >= 15 is 0 Å². The molecule has 0 saturated carbocycles. The van der Waals surface area contributed by atoms with E-state index in [0.717, 1.165) is 22.0 Å². The Labute approximate surface area is 136 Å². The monoisotopic (exact) mass is 307 g/mol. The van der Waals surface area contributed by atoms with Crippen molar-refractivity contribution in [1.29, 1.82) is 0 Å². The normalized spacial score (nSPS) is 10.9. The molecule has 0 radical (unpaired) electrons. The first-order valence-corrected chi connectivity index (χ1v) is 7.66. The summed E-state index contributed by atoms with van der Waals surface area (Å²) in [5, 5.41) is 22.0. The fourth-order valence-corrected chi connectivity index (χ4v) is 2.89. The Balaban J connectivity index is 2.08. The van der Waals surface area contributed by atoms with Crippen LogP contribution in [-0.4, -0.2) is 24.3 Å². The Bertz CT molecular complexity index is 864. The fraction of sp³-hybridized carbons (Fsp3) is 0.200. The molecule has 3 rings (SSSR count). The van der Waals surface area contributed by atoms with E-state index in [1.165, 1.54) is 11.1 Å². The summed E-state index contributed by atoms with van der Waals surface area (Å²) in [6.45, 7) is 2.09. The summed E-state index contributed by atoms with van der Waals surface area (Å²) in [5.74, 6) is 0.475. The Morgan fingerprint density at radius 1 is 0.913 bits per heavy atom. The van der Waals surface area contributed by atoms with Gasteiger partial charge in [0.25, 0.3) is 0 Å². The molecular formula is C20H21NO2. The molecule has 0 aliphatic carbocycles. The summed E-state index contributed by atoms with van der Waals surface area (Å²) in [5.41, 5.74) is 4.36. The number of phenolic OH excluding ortho intramolecular Hbond substituents is 2. The smallest absolute Gasteiger partial charge is 0.119 e. The second-order valence-corrected chi connectivity index (χ2v) is 6.15. The zero-order chi connectivity index (χ0) is 16.6. The van der Waals surface area contributed by atoms with Gasteiger partial charge in [0.05, 0.1) is 0 Å². The van der Waals surface area contributed by atoms with E-state index in [-0.39, 0.29) is 11.5 Å². The van der Waals surface area contributed by atoms with E-state index in [1.807, 2.05) is 26.2 Å². The van der Waals surface area contributed by atoms with Gasteiger partial charge in [0.1, 0.15) is 11.5 Å². The SMILES string of the molecule is Cc1cc(N(C)C)ccc1Cc1c(O)ccc2ccc(O)cc12. The molecule has 0 unspecified atom stereocenters. The lowest BCUT2D eigenvalue weighted by molar-refractivity contribution is 0.470. The maximum atomic E-state index is 10.3. The zero-order valence-electron chi connectivity index (χ0n) is 13.7. The summed E-state index contributed by atoms with van der Waals surface area (Å²) < 4.78 is 0. The molecule has 0 saturated heterocycles. The number of hydrogen-bond acceptors (Lipinski definition) is 3. The van der Waals surface area contributed by atoms with Crippen LogP contribution in [0.1, 0.15) is 16.7 Å². The van der Waals surface area contributed by atoms with Crippen molar-refractivity contribution in [3.05, 3.63) is 65.2 Å². The van der Waals surface area contributed by atoms with Gasteiger partial charge in [-0.2, -0.15) is 0 Å². The number of aryl methyl sites for hydroxylation is 1. The molecular weight excluding hydrogens is 286 g/mol. The topological polar surface area (TPSA) is 43.7 Å². The number of hydrogen-bond donors (Lipinski definition) is 2. The summed E-state index contributed by atoms with van der Waals surface area (Å²) in [6, 6.07) is 15.2. The van der Waals surface area contributed by atoms with E-state index in [4.69, 9.17) is 0 Å². The summed E-state index contributed by atoms with van der Waals surface area (Å²) >= 11 is 0. The van der Waals surface area contributed by atoms with E-state index in [1.54, 1.807) is 18.2 Å². The van der Waals surface area contributed by atoms with E-state index in [2.05, 4.69) is 30.0 Å².